The Kier molecular flexibility index (Phi) is 4.88. The summed E-state index contributed by atoms with van der Waals surface area (Å²) in [5.41, 5.74) is 1.29. The fourth-order valence-corrected chi connectivity index (χ4v) is 2.05. The molecule has 2 aromatic rings. The van der Waals surface area contributed by atoms with E-state index in [0.717, 1.165) is 5.56 Å². The van der Waals surface area contributed by atoms with Crippen LogP contribution in [0.3, 0.4) is 0 Å². The first-order chi connectivity index (χ1) is 10.6. The Morgan fingerprint density at radius 2 is 1.77 bits per heavy atom. The molecule has 0 spiro atoms. The van der Waals surface area contributed by atoms with Gasteiger partial charge in [-0.1, -0.05) is 0 Å². The summed E-state index contributed by atoms with van der Waals surface area (Å²) in [6, 6.07) is 3.51. The number of amides is 1. The lowest BCUT2D eigenvalue weighted by atomic mass is 10.1. The molecule has 7 nitrogen and oxygen atoms in total. The van der Waals surface area contributed by atoms with Crippen molar-refractivity contribution in [1.29, 1.82) is 0 Å². The number of benzene rings is 1. The molecule has 0 saturated heterocycles. The lowest BCUT2D eigenvalue weighted by Crippen LogP contribution is -2.22. The normalized spacial score (nSPS) is 10.2. The summed E-state index contributed by atoms with van der Waals surface area (Å²) < 4.78 is 17.4. The molecular weight excluding hydrogens is 286 g/mol. The van der Waals surface area contributed by atoms with Crippen molar-refractivity contribution in [3.8, 4) is 17.2 Å². The fourth-order valence-electron chi connectivity index (χ4n) is 2.05. The summed E-state index contributed by atoms with van der Waals surface area (Å²) in [7, 11) is 6.44. The van der Waals surface area contributed by atoms with Gasteiger partial charge >= 0.3 is 0 Å². The summed E-state index contributed by atoms with van der Waals surface area (Å²) in [6.45, 7) is 0.303. The first-order valence-electron chi connectivity index (χ1n) is 6.64. The smallest absolute Gasteiger partial charge is 0.254 e. The maximum atomic E-state index is 12.0. The number of methoxy groups -OCH3 is 3. The minimum absolute atomic E-state index is 0.204. The van der Waals surface area contributed by atoms with Crippen LogP contribution in [0.1, 0.15) is 15.9 Å². The number of carbonyl (C=O) groups excluding carboxylic acids is 1. The highest BCUT2D eigenvalue weighted by Crippen LogP contribution is 2.34. The monoisotopic (exact) mass is 305 g/mol. The largest absolute Gasteiger partial charge is 0.496 e. The second kappa shape index (κ2) is 6.84. The van der Waals surface area contributed by atoms with Crippen LogP contribution in [0.15, 0.2) is 24.5 Å². The molecule has 22 heavy (non-hydrogen) atoms. The van der Waals surface area contributed by atoms with Crippen LogP contribution in [0, 0.1) is 0 Å². The van der Waals surface area contributed by atoms with Crippen LogP contribution in [0.4, 0.5) is 0 Å². The van der Waals surface area contributed by atoms with Gasteiger partial charge in [-0.05, 0) is 6.07 Å². The first-order valence-corrected chi connectivity index (χ1v) is 6.64. The van der Waals surface area contributed by atoms with Gasteiger partial charge in [0.1, 0.15) is 5.75 Å². The zero-order valence-electron chi connectivity index (χ0n) is 13.0. The standard InChI is InChI=1S/C15H19N3O4/c1-18-9-11(8-17-18)15(19)16-7-10-5-13(21-3)14(22-4)6-12(10)20-2/h5-6,8-9H,7H2,1-4H3,(H,16,19). The predicted octanol–water partition coefficient (Wildman–Crippen LogP) is 1.38. The van der Waals surface area contributed by atoms with Gasteiger partial charge in [0.15, 0.2) is 11.5 Å². The molecule has 0 bridgehead atoms. The predicted molar refractivity (Wildman–Crippen MR) is 80.5 cm³/mol. The first kappa shape index (κ1) is 15.7. The molecule has 0 saturated carbocycles. The molecule has 0 aliphatic rings. The molecule has 118 valence electrons. The SMILES string of the molecule is COc1cc(OC)c(OC)cc1CNC(=O)c1cnn(C)c1. The van der Waals surface area contributed by atoms with Crippen molar-refractivity contribution in [3.63, 3.8) is 0 Å². The van der Waals surface area contributed by atoms with E-state index in [4.69, 9.17) is 14.2 Å². The van der Waals surface area contributed by atoms with Gasteiger partial charge in [-0.3, -0.25) is 9.48 Å². The van der Waals surface area contributed by atoms with Crippen LogP contribution in [-0.4, -0.2) is 37.0 Å². The number of hydrogen-bond donors (Lipinski definition) is 1. The van der Waals surface area contributed by atoms with Gasteiger partial charge in [0.05, 0.1) is 33.1 Å². The summed E-state index contributed by atoms with van der Waals surface area (Å²) in [5, 5.41) is 6.79. The van der Waals surface area contributed by atoms with E-state index >= 15 is 0 Å². The van der Waals surface area contributed by atoms with E-state index in [2.05, 4.69) is 10.4 Å². The van der Waals surface area contributed by atoms with Crippen molar-refractivity contribution in [1.82, 2.24) is 15.1 Å². The molecule has 7 heteroatoms. The third-order valence-electron chi connectivity index (χ3n) is 3.19. The minimum Gasteiger partial charge on any atom is -0.496 e. The van der Waals surface area contributed by atoms with E-state index in [-0.39, 0.29) is 5.91 Å². The summed E-state index contributed by atoms with van der Waals surface area (Å²) in [6.07, 6.45) is 3.17. The summed E-state index contributed by atoms with van der Waals surface area (Å²) >= 11 is 0. The number of rotatable bonds is 6. The van der Waals surface area contributed by atoms with Crippen LogP contribution in [0.5, 0.6) is 17.2 Å². The second-order valence-electron chi connectivity index (χ2n) is 4.60. The number of nitrogens with zero attached hydrogens (tertiary/aromatic N) is 2. The average Bonchev–Trinajstić information content (AvgIpc) is 2.98. The van der Waals surface area contributed by atoms with Gasteiger partial charge in [-0.2, -0.15) is 5.10 Å². The summed E-state index contributed by atoms with van der Waals surface area (Å²) in [4.78, 5) is 12.0. The molecule has 0 aliphatic carbocycles. The van der Waals surface area contributed by atoms with Crippen molar-refractivity contribution in [3.05, 3.63) is 35.7 Å². The molecule has 0 unspecified atom stereocenters. The molecule has 0 aliphatic heterocycles. The highest BCUT2D eigenvalue weighted by molar-refractivity contribution is 5.93. The van der Waals surface area contributed by atoms with Crippen LogP contribution in [0.2, 0.25) is 0 Å². The van der Waals surface area contributed by atoms with E-state index in [9.17, 15) is 4.79 Å². The highest BCUT2D eigenvalue weighted by Gasteiger charge is 2.13. The second-order valence-corrected chi connectivity index (χ2v) is 4.60. The molecule has 0 radical (unpaired) electrons. The molecule has 2 rings (SSSR count). The third kappa shape index (κ3) is 3.30. The maximum absolute atomic E-state index is 12.0. The highest BCUT2D eigenvalue weighted by atomic mass is 16.5. The molecular formula is C15H19N3O4. The third-order valence-corrected chi connectivity index (χ3v) is 3.19. The molecule has 1 N–H and O–H groups in total. The fraction of sp³-hybridized carbons (Fsp3) is 0.333. The minimum atomic E-state index is -0.204. The molecule has 1 aromatic heterocycles. The van der Waals surface area contributed by atoms with Gasteiger partial charge in [0, 0.05) is 31.4 Å². The van der Waals surface area contributed by atoms with Crippen LogP contribution in [0.25, 0.3) is 0 Å². The van der Waals surface area contributed by atoms with Gasteiger partial charge in [0.2, 0.25) is 0 Å². The van der Waals surface area contributed by atoms with Crippen LogP contribution >= 0.6 is 0 Å². The number of nitrogens with one attached hydrogen (secondary N) is 1. The van der Waals surface area contributed by atoms with Crippen molar-refractivity contribution in [2.45, 2.75) is 6.54 Å². The molecule has 0 atom stereocenters. The quantitative estimate of drug-likeness (QED) is 0.872. The Balaban J connectivity index is 2.16. The number of carbonyl (C=O) groups is 1. The molecule has 0 fully saturated rings. The number of ether oxygens (including phenoxy) is 3. The van der Waals surface area contributed by atoms with E-state index in [1.54, 1.807) is 51.4 Å². The lowest BCUT2D eigenvalue weighted by Gasteiger charge is -2.14. The maximum Gasteiger partial charge on any atom is 0.254 e. The van der Waals surface area contributed by atoms with Crippen LogP contribution in [-0.2, 0) is 13.6 Å². The molecule has 1 heterocycles. The molecule has 1 aromatic carbocycles. The van der Waals surface area contributed by atoms with E-state index in [0.29, 0.717) is 29.4 Å². The Hall–Kier alpha value is -2.70. The van der Waals surface area contributed by atoms with Gasteiger partial charge < -0.3 is 19.5 Å². The Labute approximate surface area is 128 Å². The van der Waals surface area contributed by atoms with Crippen LogP contribution < -0.4 is 19.5 Å². The molecule has 1 amide bonds. The van der Waals surface area contributed by atoms with Crippen molar-refractivity contribution in [2.75, 3.05) is 21.3 Å². The zero-order valence-corrected chi connectivity index (χ0v) is 13.0. The van der Waals surface area contributed by atoms with Crippen molar-refractivity contribution in [2.24, 2.45) is 7.05 Å². The summed E-state index contributed by atoms with van der Waals surface area (Å²) in [5.74, 6) is 1.56. The Morgan fingerprint density at radius 3 is 2.32 bits per heavy atom. The Morgan fingerprint density at radius 1 is 1.14 bits per heavy atom. The zero-order chi connectivity index (χ0) is 16.1. The van der Waals surface area contributed by atoms with Crippen molar-refractivity contribution < 1.29 is 19.0 Å². The topological polar surface area (TPSA) is 74.6 Å². The number of aryl methyl sites for hydroxylation is 1. The number of hydrogen-bond acceptors (Lipinski definition) is 5. The average molecular weight is 305 g/mol. The van der Waals surface area contributed by atoms with E-state index in [1.165, 1.54) is 6.20 Å². The van der Waals surface area contributed by atoms with Gasteiger partial charge in [-0.15, -0.1) is 0 Å². The number of aromatic nitrogens is 2. The van der Waals surface area contributed by atoms with Gasteiger partial charge in [0.25, 0.3) is 5.91 Å². The van der Waals surface area contributed by atoms with E-state index in [1.807, 2.05) is 0 Å². The van der Waals surface area contributed by atoms with Gasteiger partial charge in [-0.25, -0.2) is 0 Å². The lowest BCUT2D eigenvalue weighted by molar-refractivity contribution is 0.0950. The van der Waals surface area contributed by atoms with E-state index < -0.39 is 0 Å². The van der Waals surface area contributed by atoms with Crippen molar-refractivity contribution >= 4 is 5.91 Å². The Bertz CT molecular complexity index is 667.